The van der Waals surface area contributed by atoms with Gasteiger partial charge in [0.25, 0.3) is 0 Å². The molecular weight excluding hydrogens is 214 g/mol. The van der Waals surface area contributed by atoms with E-state index in [2.05, 4.69) is 28.6 Å². The van der Waals surface area contributed by atoms with Gasteiger partial charge in [-0.1, -0.05) is 0 Å². The van der Waals surface area contributed by atoms with Gasteiger partial charge in [-0.2, -0.15) is 0 Å². The first-order valence-corrected chi connectivity index (χ1v) is 6.25. The molecule has 1 N–H and O–H groups in total. The summed E-state index contributed by atoms with van der Waals surface area (Å²) in [5, 5.41) is 9.18. The topological polar surface area (TPSA) is 39.6 Å². The van der Waals surface area contributed by atoms with Gasteiger partial charge in [-0.05, 0) is 26.0 Å². The van der Waals surface area contributed by atoms with Crippen LogP contribution in [0.2, 0.25) is 0 Å². The Balaban J connectivity index is 1.84. The average Bonchev–Trinajstić information content (AvgIpc) is 2.33. The van der Waals surface area contributed by atoms with Crippen LogP contribution < -0.4 is 0 Å². The molecule has 0 saturated carbocycles. The van der Waals surface area contributed by atoms with Crippen molar-refractivity contribution in [2.24, 2.45) is 0 Å². The van der Waals surface area contributed by atoms with Crippen LogP contribution in [0.5, 0.6) is 5.75 Å². The molecule has 4 nitrogen and oxygen atoms in total. The Kier molecular flexibility index (Phi) is 3.97. The molecule has 0 aliphatic carbocycles. The number of aromatic hydroxyl groups is 1. The molecule has 2 rings (SSSR count). The maximum Gasteiger partial charge on any atom is 0.133 e. The minimum Gasteiger partial charge on any atom is -0.506 e. The molecule has 94 valence electrons. The van der Waals surface area contributed by atoms with Crippen molar-refractivity contribution in [2.45, 2.75) is 26.4 Å². The summed E-state index contributed by atoms with van der Waals surface area (Å²) in [6.45, 7) is 9.84. The van der Waals surface area contributed by atoms with Gasteiger partial charge in [0.1, 0.15) is 5.75 Å². The fourth-order valence-electron chi connectivity index (χ4n) is 2.18. The number of rotatable bonds is 3. The van der Waals surface area contributed by atoms with Crippen molar-refractivity contribution >= 4 is 0 Å². The lowest BCUT2D eigenvalue weighted by Crippen LogP contribution is -2.48. The summed E-state index contributed by atoms with van der Waals surface area (Å²) in [5.74, 6) is 0.235. The predicted molar refractivity (Wildman–Crippen MR) is 67.9 cm³/mol. The van der Waals surface area contributed by atoms with E-state index in [9.17, 15) is 5.11 Å². The summed E-state index contributed by atoms with van der Waals surface area (Å²) in [7, 11) is 0. The minimum absolute atomic E-state index is 0.235. The highest BCUT2D eigenvalue weighted by atomic mass is 16.3. The van der Waals surface area contributed by atoms with E-state index in [4.69, 9.17) is 0 Å². The molecule has 1 aromatic heterocycles. The van der Waals surface area contributed by atoms with Crippen LogP contribution in [0.1, 0.15) is 19.5 Å². The average molecular weight is 235 g/mol. The zero-order valence-corrected chi connectivity index (χ0v) is 10.6. The summed E-state index contributed by atoms with van der Waals surface area (Å²) in [5.41, 5.74) is 1.03. The molecule has 1 fully saturated rings. The first-order chi connectivity index (χ1) is 8.15. The van der Waals surface area contributed by atoms with Crippen LogP contribution in [-0.2, 0) is 6.54 Å². The van der Waals surface area contributed by atoms with Crippen LogP contribution in [-0.4, -0.2) is 52.1 Å². The van der Waals surface area contributed by atoms with Crippen molar-refractivity contribution in [1.82, 2.24) is 14.8 Å². The van der Waals surface area contributed by atoms with Crippen LogP contribution in [0.4, 0.5) is 0 Å². The van der Waals surface area contributed by atoms with Gasteiger partial charge in [0.05, 0.1) is 11.9 Å². The minimum atomic E-state index is 0.235. The highest BCUT2D eigenvalue weighted by Gasteiger charge is 2.18. The van der Waals surface area contributed by atoms with Crippen LogP contribution in [0, 0.1) is 0 Å². The van der Waals surface area contributed by atoms with Crippen LogP contribution in [0.3, 0.4) is 0 Å². The number of piperazine rings is 1. The lowest BCUT2D eigenvalue weighted by Gasteiger charge is -2.36. The molecule has 0 spiro atoms. The molecule has 1 saturated heterocycles. The third-order valence-electron chi connectivity index (χ3n) is 3.33. The summed E-state index contributed by atoms with van der Waals surface area (Å²) >= 11 is 0. The zero-order valence-electron chi connectivity index (χ0n) is 10.6. The van der Waals surface area contributed by atoms with Crippen molar-refractivity contribution in [3.63, 3.8) is 0 Å². The van der Waals surface area contributed by atoms with Crippen molar-refractivity contribution in [2.75, 3.05) is 26.2 Å². The van der Waals surface area contributed by atoms with Gasteiger partial charge in [0.2, 0.25) is 0 Å². The molecule has 0 amide bonds. The SMILES string of the molecule is CC(C)N1CCN(Cc2ccc(O)cn2)CC1. The second kappa shape index (κ2) is 5.47. The largest absolute Gasteiger partial charge is 0.506 e. The van der Waals surface area contributed by atoms with E-state index in [0.717, 1.165) is 38.4 Å². The highest BCUT2D eigenvalue weighted by Crippen LogP contribution is 2.11. The normalized spacial score (nSPS) is 18.8. The number of nitrogens with zero attached hydrogens (tertiary/aromatic N) is 3. The zero-order chi connectivity index (χ0) is 12.3. The van der Waals surface area contributed by atoms with Gasteiger partial charge in [0.15, 0.2) is 0 Å². The van der Waals surface area contributed by atoms with E-state index >= 15 is 0 Å². The quantitative estimate of drug-likeness (QED) is 0.857. The van der Waals surface area contributed by atoms with Gasteiger partial charge in [-0.15, -0.1) is 0 Å². The molecule has 17 heavy (non-hydrogen) atoms. The summed E-state index contributed by atoms with van der Waals surface area (Å²) < 4.78 is 0. The Hall–Kier alpha value is -1.13. The molecule has 1 aromatic rings. The van der Waals surface area contributed by atoms with E-state index in [1.807, 2.05) is 6.07 Å². The summed E-state index contributed by atoms with van der Waals surface area (Å²) in [6, 6.07) is 4.24. The van der Waals surface area contributed by atoms with Crippen LogP contribution >= 0.6 is 0 Å². The third kappa shape index (κ3) is 3.41. The maximum absolute atomic E-state index is 9.18. The molecule has 2 heterocycles. The van der Waals surface area contributed by atoms with Crippen molar-refractivity contribution in [3.05, 3.63) is 24.0 Å². The van der Waals surface area contributed by atoms with Gasteiger partial charge in [-0.25, -0.2) is 0 Å². The third-order valence-corrected chi connectivity index (χ3v) is 3.33. The molecule has 0 radical (unpaired) electrons. The Morgan fingerprint density at radius 2 is 1.94 bits per heavy atom. The monoisotopic (exact) mass is 235 g/mol. The van der Waals surface area contributed by atoms with Gasteiger partial charge in [0, 0.05) is 38.8 Å². The van der Waals surface area contributed by atoms with Crippen molar-refractivity contribution < 1.29 is 5.11 Å². The van der Waals surface area contributed by atoms with Gasteiger partial charge >= 0.3 is 0 Å². The Morgan fingerprint density at radius 3 is 2.47 bits per heavy atom. The lowest BCUT2D eigenvalue weighted by atomic mass is 10.2. The molecule has 1 aliphatic heterocycles. The van der Waals surface area contributed by atoms with E-state index in [-0.39, 0.29) is 5.75 Å². The standard InChI is InChI=1S/C13H21N3O/c1-11(2)16-7-5-15(6-8-16)10-12-3-4-13(17)9-14-12/h3-4,9,11,17H,5-8,10H2,1-2H3. The Morgan fingerprint density at radius 1 is 1.24 bits per heavy atom. The van der Waals surface area contributed by atoms with Gasteiger partial charge in [-0.3, -0.25) is 14.8 Å². The number of hydrogen-bond acceptors (Lipinski definition) is 4. The molecular formula is C13H21N3O. The summed E-state index contributed by atoms with van der Waals surface area (Å²) in [6.07, 6.45) is 1.51. The number of aromatic nitrogens is 1. The van der Waals surface area contributed by atoms with E-state index in [0.29, 0.717) is 6.04 Å². The summed E-state index contributed by atoms with van der Waals surface area (Å²) in [4.78, 5) is 9.14. The number of pyridine rings is 1. The number of hydrogen-bond donors (Lipinski definition) is 1. The molecule has 1 aliphatic rings. The maximum atomic E-state index is 9.18. The molecule has 0 atom stereocenters. The lowest BCUT2D eigenvalue weighted by molar-refractivity contribution is 0.103. The Labute approximate surface area is 103 Å². The van der Waals surface area contributed by atoms with E-state index in [1.165, 1.54) is 6.20 Å². The van der Waals surface area contributed by atoms with Crippen molar-refractivity contribution in [3.8, 4) is 5.75 Å². The smallest absolute Gasteiger partial charge is 0.133 e. The first-order valence-electron chi connectivity index (χ1n) is 6.25. The molecule has 0 unspecified atom stereocenters. The Bertz CT molecular complexity index is 342. The fourth-order valence-corrected chi connectivity index (χ4v) is 2.18. The van der Waals surface area contributed by atoms with Gasteiger partial charge < -0.3 is 5.11 Å². The molecule has 0 aromatic carbocycles. The second-order valence-electron chi connectivity index (χ2n) is 4.91. The fraction of sp³-hybridized carbons (Fsp3) is 0.615. The van der Waals surface area contributed by atoms with Crippen LogP contribution in [0.25, 0.3) is 0 Å². The van der Waals surface area contributed by atoms with Crippen LogP contribution in [0.15, 0.2) is 18.3 Å². The highest BCUT2D eigenvalue weighted by molar-refractivity contribution is 5.17. The van der Waals surface area contributed by atoms with E-state index < -0.39 is 0 Å². The predicted octanol–water partition coefficient (Wildman–Crippen LogP) is 1.31. The van der Waals surface area contributed by atoms with Crippen molar-refractivity contribution in [1.29, 1.82) is 0 Å². The molecule has 4 heteroatoms. The first kappa shape index (κ1) is 12.3. The molecule has 0 bridgehead atoms. The second-order valence-corrected chi connectivity index (χ2v) is 4.91. The van der Waals surface area contributed by atoms with E-state index in [1.54, 1.807) is 6.07 Å².